The number of hydrogen-bond donors (Lipinski definition) is 1. The van der Waals surface area contributed by atoms with E-state index in [0.29, 0.717) is 5.56 Å². The number of ether oxygens (including phenoxy) is 2. The number of halogens is 1. The van der Waals surface area contributed by atoms with E-state index in [9.17, 15) is 23.6 Å². The average molecular weight is 392 g/mol. The van der Waals surface area contributed by atoms with E-state index < -0.39 is 59.4 Å². The van der Waals surface area contributed by atoms with Crippen LogP contribution in [0.15, 0.2) is 18.2 Å². The van der Waals surface area contributed by atoms with Gasteiger partial charge in [0.2, 0.25) is 11.8 Å². The Bertz CT molecular complexity index is 872. The molecule has 2 saturated heterocycles. The molecule has 4 atom stereocenters. The fourth-order valence-electron chi connectivity index (χ4n) is 4.20. The van der Waals surface area contributed by atoms with Crippen LogP contribution in [0.25, 0.3) is 0 Å². The lowest BCUT2D eigenvalue weighted by Crippen LogP contribution is -2.57. The molecule has 1 aromatic carbocycles. The van der Waals surface area contributed by atoms with Crippen molar-refractivity contribution in [3.8, 4) is 0 Å². The van der Waals surface area contributed by atoms with Gasteiger partial charge in [0.05, 0.1) is 32.5 Å². The zero-order chi connectivity index (χ0) is 20.8. The van der Waals surface area contributed by atoms with Gasteiger partial charge in [-0.3, -0.25) is 29.4 Å². The Balaban J connectivity index is 2.19. The first-order valence-corrected chi connectivity index (χ1v) is 8.68. The van der Waals surface area contributed by atoms with Gasteiger partial charge in [-0.25, -0.2) is 4.39 Å². The number of esters is 2. The third-order valence-electron chi connectivity index (χ3n) is 5.57. The summed E-state index contributed by atoms with van der Waals surface area (Å²) in [7, 11) is 3.55. The van der Waals surface area contributed by atoms with Gasteiger partial charge in [0.1, 0.15) is 11.4 Å². The molecular weight excluding hydrogens is 371 g/mol. The molecule has 0 radical (unpaired) electrons. The molecule has 0 aromatic heterocycles. The van der Waals surface area contributed by atoms with Crippen molar-refractivity contribution >= 4 is 23.8 Å². The predicted octanol–water partition coefficient (Wildman–Crippen LogP) is 0.484. The fourth-order valence-corrected chi connectivity index (χ4v) is 4.20. The van der Waals surface area contributed by atoms with Gasteiger partial charge >= 0.3 is 11.9 Å². The second kappa shape index (κ2) is 6.97. The Morgan fingerprint density at radius 3 is 2.46 bits per heavy atom. The number of carbonyl (C=O) groups is 4. The molecule has 1 N–H and O–H groups in total. The molecule has 8 nitrogen and oxygen atoms in total. The SMILES string of the molecule is COC(=O)C[C@]1(C(=O)OC)N[C@@H](c2ccc(C)cc2F)[C@H]2C(=O)N(C)C(=O)[C@H]21. The van der Waals surface area contributed by atoms with Crippen LogP contribution in [0.2, 0.25) is 0 Å². The van der Waals surface area contributed by atoms with Crippen LogP contribution in [-0.4, -0.2) is 55.5 Å². The highest BCUT2D eigenvalue weighted by molar-refractivity contribution is 6.10. The minimum atomic E-state index is -1.84. The standard InChI is InChI=1S/C19H21FN2O6/c1-9-5-6-10(11(20)7-9)15-13-14(17(25)22(2)16(13)24)19(21-15,18(26)28-4)8-12(23)27-3/h5-7,13-15,21H,8H2,1-4H3/t13-,14-,15-,19-/m0/s1. The molecule has 150 valence electrons. The quantitative estimate of drug-likeness (QED) is 0.588. The molecule has 0 bridgehead atoms. The molecule has 3 rings (SSSR count). The van der Waals surface area contributed by atoms with Crippen LogP contribution in [0.3, 0.4) is 0 Å². The van der Waals surface area contributed by atoms with Crippen molar-refractivity contribution in [2.75, 3.05) is 21.3 Å². The van der Waals surface area contributed by atoms with Crippen molar-refractivity contribution in [2.45, 2.75) is 24.9 Å². The van der Waals surface area contributed by atoms with Crippen LogP contribution in [0.1, 0.15) is 23.6 Å². The third kappa shape index (κ3) is 2.77. The number of benzene rings is 1. The van der Waals surface area contributed by atoms with Gasteiger partial charge in [-0.15, -0.1) is 0 Å². The lowest BCUT2D eigenvalue weighted by atomic mass is 9.77. The second-order valence-electron chi connectivity index (χ2n) is 7.10. The summed E-state index contributed by atoms with van der Waals surface area (Å²) in [5, 5.41) is 2.90. The van der Waals surface area contributed by atoms with Gasteiger partial charge in [0.15, 0.2) is 0 Å². The van der Waals surface area contributed by atoms with Crippen LogP contribution in [-0.2, 0) is 28.7 Å². The molecule has 0 aliphatic carbocycles. The lowest BCUT2D eigenvalue weighted by molar-refractivity contribution is -0.159. The summed E-state index contributed by atoms with van der Waals surface area (Å²) in [5.74, 6) is -5.70. The average Bonchev–Trinajstić information content (AvgIpc) is 3.11. The maximum Gasteiger partial charge on any atom is 0.327 e. The monoisotopic (exact) mass is 392 g/mol. The normalized spacial score (nSPS) is 29.0. The molecular formula is C19H21FN2O6. The first-order valence-electron chi connectivity index (χ1n) is 8.68. The Labute approximate surface area is 161 Å². The topological polar surface area (TPSA) is 102 Å². The zero-order valence-corrected chi connectivity index (χ0v) is 15.9. The Hall–Kier alpha value is -2.81. The fraction of sp³-hybridized carbons (Fsp3) is 0.474. The highest BCUT2D eigenvalue weighted by Gasteiger charge is 2.69. The minimum Gasteiger partial charge on any atom is -0.469 e. The largest absolute Gasteiger partial charge is 0.469 e. The summed E-state index contributed by atoms with van der Waals surface area (Å²) in [6.45, 7) is 1.71. The molecule has 0 unspecified atom stereocenters. The summed E-state index contributed by atoms with van der Waals surface area (Å²) in [6.07, 6.45) is -0.534. The predicted molar refractivity (Wildman–Crippen MR) is 93.2 cm³/mol. The Morgan fingerprint density at radius 2 is 1.89 bits per heavy atom. The summed E-state index contributed by atoms with van der Waals surface area (Å²) in [6, 6.07) is 3.48. The summed E-state index contributed by atoms with van der Waals surface area (Å²) in [5.41, 5.74) is -1.03. The van der Waals surface area contributed by atoms with Crippen LogP contribution in [0, 0.1) is 24.6 Å². The number of rotatable bonds is 4. The Morgan fingerprint density at radius 1 is 1.21 bits per heavy atom. The van der Waals surface area contributed by atoms with E-state index in [1.54, 1.807) is 13.0 Å². The van der Waals surface area contributed by atoms with Crippen molar-refractivity contribution in [1.82, 2.24) is 10.2 Å². The molecule has 9 heteroatoms. The highest BCUT2D eigenvalue weighted by Crippen LogP contribution is 2.50. The lowest BCUT2D eigenvalue weighted by Gasteiger charge is -2.31. The van der Waals surface area contributed by atoms with Crippen LogP contribution >= 0.6 is 0 Å². The molecule has 28 heavy (non-hydrogen) atoms. The summed E-state index contributed by atoms with van der Waals surface area (Å²) in [4.78, 5) is 51.3. The minimum absolute atomic E-state index is 0.132. The number of carbonyl (C=O) groups excluding carboxylic acids is 4. The van der Waals surface area contributed by atoms with E-state index in [4.69, 9.17) is 4.74 Å². The number of amides is 2. The van der Waals surface area contributed by atoms with Gasteiger partial charge in [0.25, 0.3) is 0 Å². The number of methoxy groups -OCH3 is 2. The van der Waals surface area contributed by atoms with Gasteiger partial charge < -0.3 is 9.47 Å². The number of aryl methyl sites for hydroxylation is 1. The van der Waals surface area contributed by atoms with E-state index in [-0.39, 0.29) is 5.56 Å². The molecule has 1 aromatic rings. The van der Waals surface area contributed by atoms with E-state index >= 15 is 0 Å². The number of nitrogens with zero attached hydrogens (tertiary/aromatic N) is 1. The molecule has 2 aliphatic rings. The van der Waals surface area contributed by atoms with E-state index in [0.717, 1.165) is 19.1 Å². The van der Waals surface area contributed by atoms with Crippen LogP contribution in [0.4, 0.5) is 4.39 Å². The van der Waals surface area contributed by atoms with E-state index in [2.05, 4.69) is 10.1 Å². The number of fused-ring (bicyclic) bond motifs is 1. The molecule has 0 spiro atoms. The van der Waals surface area contributed by atoms with Gasteiger partial charge in [-0.05, 0) is 18.6 Å². The molecule has 2 fully saturated rings. The summed E-state index contributed by atoms with van der Waals surface area (Å²) < 4.78 is 24.2. The molecule has 0 saturated carbocycles. The van der Waals surface area contributed by atoms with Gasteiger partial charge in [-0.2, -0.15) is 0 Å². The van der Waals surface area contributed by atoms with Crippen LogP contribution in [0.5, 0.6) is 0 Å². The van der Waals surface area contributed by atoms with Crippen LogP contribution < -0.4 is 5.32 Å². The van der Waals surface area contributed by atoms with E-state index in [1.165, 1.54) is 19.2 Å². The number of nitrogens with one attached hydrogen (secondary N) is 1. The second-order valence-corrected chi connectivity index (χ2v) is 7.10. The van der Waals surface area contributed by atoms with Gasteiger partial charge in [0, 0.05) is 18.7 Å². The summed E-state index contributed by atoms with van der Waals surface area (Å²) >= 11 is 0. The first kappa shape index (κ1) is 19.9. The maximum atomic E-state index is 14.7. The number of imide groups is 1. The van der Waals surface area contributed by atoms with E-state index in [1.807, 2.05) is 0 Å². The number of hydrogen-bond acceptors (Lipinski definition) is 7. The maximum absolute atomic E-state index is 14.7. The smallest absolute Gasteiger partial charge is 0.327 e. The first-order chi connectivity index (χ1) is 13.2. The van der Waals surface area contributed by atoms with Crippen molar-refractivity contribution in [3.63, 3.8) is 0 Å². The van der Waals surface area contributed by atoms with Crippen molar-refractivity contribution in [1.29, 1.82) is 0 Å². The molecule has 2 amide bonds. The van der Waals surface area contributed by atoms with Crippen molar-refractivity contribution < 1.29 is 33.0 Å². The zero-order valence-electron chi connectivity index (χ0n) is 15.9. The highest BCUT2D eigenvalue weighted by atomic mass is 19.1. The number of likely N-dealkylation sites (tertiary alicyclic amines) is 1. The van der Waals surface area contributed by atoms with Crippen molar-refractivity contribution in [2.24, 2.45) is 11.8 Å². The Kier molecular flexibility index (Phi) is 4.97. The van der Waals surface area contributed by atoms with Gasteiger partial charge in [-0.1, -0.05) is 12.1 Å². The van der Waals surface area contributed by atoms with Crippen molar-refractivity contribution in [3.05, 3.63) is 35.1 Å². The molecule has 2 aliphatic heterocycles. The third-order valence-corrected chi connectivity index (χ3v) is 5.57. The molecule has 2 heterocycles.